The predicted molar refractivity (Wildman–Crippen MR) is 83.6 cm³/mol. The maximum absolute atomic E-state index is 12.3. The summed E-state index contributed by atoms with van der Waals surface area (Å²) in [7, 11) is 1.45. The van der Waals surface area contributed by atoms with E-state index in [2.05, 4.69) is 25.7 Å². The highest BCUT2D eigenvalue weighted by Crippen LogP contribution is 2.32. The molecule has 0 unspecified atom stereocenters. The van der Waals surface area contributed by atoms with Crippen LogP contribution in [0.15, 0.2) is 0 Å². The summed E-state index contributed by atoms with van der Waals surface area (Å²) in [5.74, 6) is 0.187. The average Bonchev–Trinajstić information content (AvgIpc) is 2.45. The second-order valence-corrected chi connectivity index (χ2v) is 6.03. The van der Waals surface area contributed by atoms with Gasteiger partial charge in [-0.05, 0) is 12.8 Å². The van der Waals surface area contributed by atoms with Crippen LogP contribution in [0.2, 0.25) is 0 Å². The second kappa shape index (κ2) is 12.3. The first-order chi connectivity index (χ1) is 9.60. The lowest BCUT2D eigenvalue weighted by molar-refractivity contribution is -0.268. The van der Waals surface area contributed by atoms with Gasteiger partial charge in [0, 0.05) is 5.41 Å². The Labute approximate surface area is 125 Å². The molecule has 0 radical (unpaired) electrons. The van der Waals surface area contributed by atoms with Gasteiger partial charge in [0.1, 0.15) is 6.61 Å². The van der Waals surface area contributed by atoms with Gasteiger partial charge in [-0.2, -0.15) is 0 Å². The van der Waals surface area contributed by atoms with Gasteiger partial charge in [0.15, 0.2) is 5.78 Å². The fourth-order valence-electron chi connectivity index (χ4n) is 2.57. The molecule has 0 bridgehead atoms. The number of carbonyl (C=O) groups is 1. The molecule has 0 aliphatic rings. The summed E-state index contributed by atoms with van der Waals surface area (Å²) in [6.45, 7) is 6.60. The van der Waals surface area contributed by atoms with Crippen molar-refractivity contribution < 1.29 is 14.6 Å². The van der Waals surface area contributed by atoms with Gasteiger partial charge in [0.25, 0.3) is 0 Å². The monoisotopic (exact) mass is 286 g/mol. The van der Waals surface area contributed by atoms with Crippen molar-refractivity contribution in [2.45, 2.75) is 85.0 Å². The molecule has 3 heteroatoms. The van der Waals surface area contributed by atoms with Crippen molar-refractivity contribution in [1.29, 1.82) is 0 Å². The van der Waals surface area contributed by atoms with Crippen molar-refractivity contribution in [3.63, 3.8) is 0 Å². The van der Waals surface area contributed by atoms with Crippen LogP contribution < -0.4 is 0 Å². The predicted octanol–water partition coefficient (Wildman–Crippen LogP) is 5.08. The molecule has 0 N–H and O–H groups in total. The Hall–Kier alpha value is -0.410. The Morgan fingerprint density at radius 3 is 1.80 bits per heavy atom. The molecule has 0 rings (SSSR count). The number of unbranched alkanes of at least 4 members (excludes halogenated alkanes) is 6. The van der Waals surface area contributed by atoms with E-state index in [0.717, 1.165) is 25.7 Å². The Kier molecular flexibility index (Phi) is 12.1. The van der Waals surface area contributed by atoms with Crippen molar-refractivity contribution in [1.82, 2.24) is 0 Å². The number of Topliss-reactive ketones (excluding diaryl/α,β-unsaturated/α-hetero) is 1. The molecule has 0 saturated heterocycles. The van der Waals surface area contributed by atoms with E-state index >= 15 is 0 Å². The van der Waals surface area contributed by atoms with Gasteiger partial charge in [-0.1, -0.05) is 72.1 Å². The van der Waals surface area contributed by atoms with Crippen molar-refractivity contribution >= 4 is 5.78 Å². The van der Waals surface area contributed by atoms with Gasteiger partial charge < -0.3 is 0 Å². The summed E-state index contributed by atoms with van der Waals surface area (Å²) in [4.78, 5) is 21.8. The Morgan fingerprint density at radius 1 is 0.900 bits per heavy atom. The summed E-state index contributed by atoms with van der Waals surface area (Å²) < 4.78 is 0. The fraction of sp³-hybridized carbons (Fsp3) is 0.941. The van der Waals surface area contributed by atoms with E-state index in [0.29, 0.717) is 0 Å². The summed E-state index contributed by atoms with van der Waals surface area (Å²) in [6, 6.07) is 0. The minimum atomic E-state index is -0.236. The first-order valence-corrected chi connectivity index (χ1v) is 8.29. The van der Waals surface area contributed by atoms with Gasteiger partial charge in [0.05, 0.1) is 7.11 Å². The lowest BCUT2D eigenvalue weighted by Crippen LogP contribution is -2.31. The zero-order valence-electron chi connectivity index (χ0n) is 14.0. The molecular weight excluding hydrogens is 252 g/mol. The Morgan fingerprint density at radius 2 is 1.40 bits per heavy atom. The smallest absolute Gasteiger partial charge is 0.167 e. The molecule has 120 valence electrons. The van der Waals surface area contributed by atoms with Crippen LogP contribution in [0.3, 0.4) is 0 Å². The zero-order valence-corrected chi connectivity index (χ0v) is 14.0. The first-order valence-electron chi connectivity index (χ1n) is 8.29. The van der Waals surface area contributed by atoms with Gasteiger partial charge in [-0.25, -0.2) is 9.78 Å². The van der Waals surface area contributed by atoms with Crippen LogP contribution in [0, 0.1) is 5.41 Å². The van der Waals surface area contributed by atoms with Gasteiger partial charge in [0.2, 0.25) is 0 Å². The van der Waals surface area contributed by atoms with Crippen molar-refractivity contribution in [2.75, 3.05) is 13.7 Å². The van der Waals surface area contributed by atoms with Crippen LogP contribution in [0.25, 0.3) is 0 Å². The molecule has 0 aromatic rings. The van der Waals surface area contributed by atoms with E-state index in [1.54, 1.807) is 0 Å². The van der Waals surface area contributed by atoms with Crippen LogP contribution in [0.1, 0.15) is 85.0 Å². The second-order valence-electron chi connectivity index (χ2n) is 6.03. The van der Waals surface area contributed by atoms with E-state index in [1.807, 2.05) is 0 Å². The van der Waals surface area contributed by atoms with Crippen LogP contribution in [0.5, 0.6) is 0 Å². The number of rotatable bonds is 14. The molecule has 0 saturated carbocycles. The molecule has 0 atom stereocenters. The summed E-state index contributed by atoms with van der Waals surface area (Å²) in [6.07, 6.45) is 11.6. The van der Waals surface area contributed by atoms with Gasteiger partial charge >= 0.3 is 0 Å². The Balaban J connectivity index is 4.29. The molecular formula is C17H34O3. The number of carbonyl (C=O) groups excluding carboxylic acids is 1. The van der Waals surface area contributed by atoms with E-state index in [4.69, 9.17) is 4.89 Å². The third-order valence-electron chi connectivity index (χ3n) is 4.15. The largest absolute Gasteiger partial charge is 0.296 e. The summed E-state index contributed by atoms with van der Waals surface area (Å²) >= 11 is 0. The summed E-state index contributed by atoms with van der Waals surface area (Å²) in [5, 5.41) is 0. The molecule has 0 aliphatic carbocycles. The molecule has 3 nitrogen and oxygen atoms in total. The molecule has 20 heavy (non-hydrogen) atoms. The number of hydrogen-bond acceptors (Lipinski definition) is 3. The first kappa shape index (κ1) is 19.6. The zero-order chi connectivity index (χ0) is 15.3. The van der Waals surface area contributed by atoms with E-state index in [1.165, 1.54) is 45.6 Å². The molecule has 0 amide bonds. The highest BCUT2D eigenvalue weighted by Gasteiger charge is 2.31. The maximum atomic E-state index is 12.3. The SMILES string of the molecule is CCCCCCC(C)(CCCCCC)C(=O)COOC. The van der Waals surface area contributed by atoms with Crippen molar-refractivity contribution in [3.8, 4) is 0 Å². The molecule has 0 aromatic heterocycles. The molecule has 0 aromatic carbocycles. The van der Waals surface area contributed by atoms with Crippen molar-refractivity contribution in [3.05, 3.63) is 0 Å². The van der Waals surface area contributed by atoms with Crippen LogP contribution in [-0.4, -0.2) is 19.5 Å². The van der Waals surface area contributed by atoms with Crippen LogP contribution >= 0.6 is 0 Å². The minimum Gasteiger partial charge on any atom is -0.296 e. The van der Waals surface area contributed by atoms with E-state index in [9.17, 15) is 4.79 Å². The highest BCUT2D eigenvalue weighted by atomic mass is 17.2. The van der Waals surface area contributed by atoms with E-state index in [-0.39, 0.29) is 17.8 Å². The van der Waals surface area contributed by atoms with Crippen LogP contribution in [0.4, 0.5) is 0 Å². The average molecular weight is 286 g/mol. The van der Waals surface area contributed by atoms with Gasteiger partial charge in [-0.3, -0.25) is 4.79 Å². The highest BCUT2D eigenvalue weighted by molar-refractivity contribution is 5.85. The summed E-state index contributed by atoms with van der Waals surface area (Å²) in [5.41, 5.74) is -0.236. The third-order valence-corrected chi connectivity index (χ3v) is 4.15. The number of ketones is 1. The minimum absolute atomic E-state index is 0.0779. The molecule has 0 spiro atoms. The normalized spacial score (nSPS) is 11.8. The lowest BCUT2D eigenvalue weighted by Gasteiger charge is -2.28. The van der Waals surface area contributed by atoms with E-state index < -0.39 is 0 Å². The van der Waals surface area contributed by atoms with Crippen molar-refractivity contribution in [2.24, 2.45) is 5.41 Å². The fourth-order valence-corrected chi connectivity index (χ4v) is 2.57. The third kappa shape index (κ3) is 8.70. The van der Waals surface area contributed by atoms with Crippen LogP contribution in [-0.2, 0) is 14.6 Å². The Bertz CT molecular complexity index is 226. The lowest BCUT2D eigenvalue weighted by atomic mass is 9.76. The standard InChI is InChI=1S/C17H34O3/c1-5-7-9-11-13-17(3,14-12-10-8-6-2)16(18)15-20-19-4/h5-15H2,1-4H3. The maximum Gasteiger partial charge on any atom is 0.167 e. The quantitative estimate of drug-likeness (QED) is 0.254. The molecule has 0 fully saturated rings. The topological polar surface area (TPSA) is 35.5 Å². The molecule has 0 aliphatic heterocycles. The molecule has 0 heterocycles. The van der Waals surface area contributed by atoms with Gasteiger partial charge in [-0.15, -0.1) is 0 Å². The number of hydrogen-bond donors (Lipinski definition) is 0.